The molecular weight excluding hydrogens is 397 g/mol. The van der Waals surface area contributed by atoms with Crippen LogP contribution < -0.4 is 15.4 Å². The molecule has 2 N–H and O–H groups in total. The van der Waals surface area contributed by atoms with Crippen LogP contribution in [0.3, 0.4) is 0 Å². The van der Waals surface area contributed by atoms with E-state index in [4.69, 9.17) is 0 Å². The standard InChI is InChI=1S/C15H19F3N2O4S.ClH/c1-25(22,23)14(5-7-19-8-6-14)13(21)20-11-3-2-4-12(9-11)24-10-15(16,17)18;/h2-4,9,19H,5-8,10H2,1H3,(H,20,21);1H. The average molecular weight is 417 g/mol. The molecule has 1 aliphatic rings. The number of hydrogen-bond donors (Lipinski definition) is 2. The predicted octanol–water partition coefficient (Wildman–Crippen LogP) is 2.15. The lowest BCUT2D eigenvalue weighted by Crippen LogP contribution is -2.55. The highest BCUT2D eigenvalue weighted by Crippen LogP contribution is 2.30. The van der Waals surface area contributed by atoms with Crippen LogP contribution in [-0.4, -0.2) is 51.2 Å². The van der Waals surface area contributed by atoms with Crippen molar-refractivity contribution < 1.29 is 31.1 Å². The zero-order valence-electron chi connectivity index (χ0n) is 13.9. The molecule has 2 rings (SSSR count). The fourth-order valence-electron chi connectivity index (χ4n) is 2.67. The van der Waals surface area contributed by atoms with Crippen molar-refractivity contribution in [2.75, 3.05) is 31.3 Å². The van der Waals surface area contributed by atoms with Gasteiger partial charge in [-0.3, -0.25) is 4.79 Å². The molecule has 1 saturated heterocycles. The van der Waals surface area contributed by atoms with Crippen LogP contribution >= 0.6 is 12.4 Å². The third kappa shape index (κ3) is 5.49. The van der Waals surface area contributed by atoms with Crippen molar-refractivity contribution in [3.8, 4) is 5.75 Å². The molecule has 1 amide bonds. The summed E-state index contributed by atoms with van der Waals surface area (Å²) < 4.78 is 64.1. The molecule has 0 unspecified atom stereocenters. The predicted molar refractivity (Wildman–Crippen MR) is 93.5 cm³/mol. The van der Waals surface area contributed by atoms with Gasteiger partial charge < -0.3 is 15.4 Å². The van der Waals surface area contributed by atoms with Gasteiger partial charge in [-0.25, -0.2) is 8.42 Å². The van der Waals surface area contributed by atoms with Crippen LogP contribution in [0.4, 0.5) is 18.9 Å². The van der Waals surface area contributed by atoms with Gasteiger partial charge in [0.05, 0.1) is 0 Å². The molecule has 0 spiro atoms. The second-order valence-electron chi connectivity index (χ2n) is 5.90. The first-order valence-electron chi connectivity index (χ1n) is 7.55. The van der Waals surface area contributed by atoms with Crippen molar-refractivity contribution in [1.82, 2.24) is 5.32 Å². The van der Waals surface area contributed by atoms with E-state index in [0.29, 0.717) is 13.1 Å². The summed E-state index contributed by atoms with van der Waals surface area (Å²) in [5, 5.41) is 5.49. The van der Waals surface area contributed by atoms with E-state index in [1.54, 1.807) is 0 Å². The van der Waals surface area contributed by atoms with E-state index in [9.17, 15) is 26.4 Å². The van der Waals surface area contributed by atoms with Crippen molar-refractivity contribution in [3.05, 3.63) is 24.3 Å². The maximum absolute atomic E-state index is 12.6. The Balaban J connectivity index is 0.00000338. The van der Waals surface area contributed by atoms with Gasteiger partial charge in [-0.1, -0.05) is 6.07 Å². The van der Waals surface area contributed by atoms with Gasteiger partial charge in [-0.15, -0.1) is 12.4 Å². The molecule has 1 aromatic carbocycles. The maximum Gasteiger partial charge on any atom is 0.422 e. The minimum atomic E-state index is -4.48. The van der Waals surface area contributed by atoms with E-state index in [2.05, 4.69) is 15.4 Å². The zero-order chi connectivity index (χ0) is 18.7. The van der Waals surface area contributed by atoms with E-state index in [0.717, 1.165) is 6.26 Å². The second-order valence-corrected chi connectivity index (χ2v) is 8.23. The fraction of sp³-hybridized carbons (Fsp3) is 0.533. The molecule has 1 aliphatic heterocycles. The summed E-state index contributed by atoms with van der Waals surface area (Å²) in [5.41, 5.74) is 0.172. The molecule has 1 heterocycles. The first-order chi connectivity index (χ1) is 11.5. The molecule has 0 radical (unpaired) electrons. The minimum absolute atomic E-state index is 0. The van der Waals surface area contributed by atoms with Crippen LogP contribution in [0.5, 0.6) is 5.75 Å². The van der Waals surface area contributed by atoms with Crippen molar-refractivity contribution >= 4 is 33.8 Å². The van der Waals surface area contributed by atoms with Crippen LogP contribution in [0, 0.1) is 0 Å². The average Bonchev–Trinajstić information content (AvgIpc) is 2.52. The van der Waals surface area contributed by atoms with E-state index in [-0.39, 0.29) is 36.7 Å². The Bertz CT molecular complexity index is 735. The highest BCUT2D eigenvalue weighted by Gasteiger charge is 2.48. The van der Waals surface area contributed by atoms with Gasteiger partial charge in [0.2, 0.25) is 5.91 Å². The van der Waals surface area contributed by atoms with Crippen LogP contribution in [0.15, 0.2) is 24.3 Å². The van der Waals surface area contributed by atoms with E-state index in [1.165, 1.54) is 24.3 Å². The zero-order valence-corrected chi connectivity index (χ0v) is 15.6. The molecule has 11 heteroatoms. The fourth-order valence-corrected chi connectivity index (χ4v) is 4.00. The molecule has 6 nitrogen and oxygen atoms in total. The number of rotatable bonds is 5. The Morgan fingerprint density at radius 2 is 1.92 bits per heavy atom. The molecule has 26 heavy (non-hydrogen) atoms. The van der Waals surface area contributed by atoms with Crippen molar-refractivity contribution in [2.45, 2.75) is 23.8 Å². The summed E-state index contributed by atoms with van der Waals surface area (Å²) in [7, 11) is -3.68. The number of ether oxygens (including phenoxy) is 1. The van der Waals surface area contributed by atoms with Crippen LogP contribution in [0.1, 0.15) is 12.8 Å². The smallest absolute Gasteiger partial charge is 0.422 e. The van der Waals surface area contributed by atoms with Gasteiger partial charge in [-0.05, 0) is 38.1 Å². The Morgan fingerprint density at radius 1 is 1.31 bits per heavy atom. The van der Waals surface area contributed by atoms with Crippen molar-refractivity contribution in [1.29, 1.82) is 0 Å². The van der Waals surface area contributed by atoms with Crippen molar-refractivity contribution in [3.63, 3.8) is 0 Å². The van der Waals surface area contributed by atoms with Gasteiger partial charge in [0.25, 0.3) is 0 Å². The van der Waals surface area contributed by atoms with Crippen LogP contribution in [0.2, 0.25) is 0 Å². The number of anilines is 1. The molecule has 0 aliphatic carbocycles. The number of piperidine rings is 1. The first-order valence-corrected chi connectivity index (χ1v) is 9.44. The van der Waals surface area contributed by atoms with Gasteiger partial charge in [0.15, 0.2) is 21.2 Å². The monoisotopic (exact) mass is 416 g/mol. The molecule has 0 saturated carbocycles. The summed E-state index contributed by atoms with van der Waals surface area (Å²) in [6.45, 7) is -0.687. The number of carbonyl (C=O) groups excluding carboxylic acids is 1. The number of nitrogens with one attached hydrogen (secondary N) is 2. The SMILES string of the molecule is CS(=O)(=O)C1(C(=O)Nc2cccc(OCC(F)(F)F)c2)CCNCC1.Cl. The molecule has 1 fully saturated rings. The summed E-state index contributed by atoms with van der Waals surface area (Å²) in [6.07, 6.45) is -3.21. The summed E-state index contributed by atoms with van der Waals surface area (Å²) in [4.78, 5) is 12.6. The van der Waals surface area contributed by atoms with Crippen LogP contribution in [-0.2, 0) is 14.6 Å². The lowest BCUT2D eigenvalue weighted by atomic mass is 9.95. The first kappa shape index (κ1) is 22.5. The number of hydrogen-bond acceptors (Lipinski definition) is 5. The van der Waals surface area contributed by atoms with E-state index in [1.807, 2.05) is 0 Å². The highest BCUT2D eigenvalue weighted by molar-refractivity contribution is 7.92. The lowest BCUT2D eigenvalue weighted by Gasteiger charge is -2.34. The van der Waals surface area contributed by atoms with Gasteiger partial charge >= 0.3 is 6.18 Å². The van der Waals surface area contributed by atoms with Crippen LogP contribution in [0.25, 0.3) is 0 Å². The number of sulfone groups is 1. The Hall–Kier alpha value is -1.52. The quantitative estimate of drug-likeness (QED) is 0.768. The molecule has 1 aromatic rings. The molecule has 148 valence electrons. The molecular formula is C15H20ClF3N2O4S. The van der Waals surface area contributed by atoms with E-state index >= 15 is 0 Å². The lowest BCUT2D eigenvalue weighted by molar-refractivity contribution is -0.153. The third-order valence-corrected chi connectivity index (χ3v) is 6.04. The Labute approximate surface area is 155 Å². The van der Waals surface area contributed by atoms with Gasteiger partial charge in [0.1, 0.15) is 5.75 Å². The summed E-state index contributed by atoms with van der Waals surface area (Å²) >= 11 is 0. The molecule has 0 bridgehead atoms. The number of carbonyl (C=O) groups is 1. The number of amides is 1. The maximum atomic E-state index is 12.6. The third-order valence-electron chi connectivity index (χ3n) is 4.03. The number of halogens is 4. The number of benzene rings is 1. The normalized spacial score (nSPS) is 17.1. The highest BCUT2D eigenvalue weighted by atomic mass is 35.5. The Kier molecular flexibility index (Phi) is 7.32. The molecule has 0 aromatic heterocycles. The second kappa shape index (κ2) is 8.45. The Morgan fingerprint density at radius 3 is 2.46 bits per heavy atom. The number of alkyl halides is 3. The van der Waals surface area contributed by atoms with E-state index < -0.39 is 33.3 Å². The van der Waals surface area contributed by atoms with Gasteiger partial charge in [-0.2, -0.15) is 13.2 Å². The van der Waals surface area contributed by atoms with Crippen molar-refractivity contribution in [2.24, 2.45) is 0 Å². The summed E-state index contributed by atoms with van der Waals surface area (Å²) in [6, 6.07) is 5.41. The minimum Gasteiger partial charge on any atom is -0.484 e. The topological polar surface area (TPSA) is 84.5 Å². The largest absolute Gasteiger partial charge is 0.484 e. The molecule has 0 atom stereocenters. The van der Waals surface area contributed by atoms with Gasteiger partial charge in [0, 0.05) is 18.0 Å². The summed E-state index contributed by atoms with van der Waals surface area (Å²) in [5.74, 6) is -0.765.